The molecular formula is C11H13FN4. The van der Waals surface area contributed by atoms with Gasteiger partial charge < -0.3 is 5.73 Å². The Morgan fingerprint density at radius 2 is 2.19 bits per heavy atom. The number of aryl methyl sites for hydroxylation is 2. The molecule has 1 aromatic carbocycles. The number of rotatable bonds is 2. The van der Waals surface area contributed by atoms with Crippen LogP contribution in [-0.2, 0) is 13.5 Å². The summed E-state index contributed by atoms with van der Waals surface area (Å²) in [7, 11) is 1.77. The molecule has 2 aromatic rings. The molecule has 2 rings (SSSR count). The van der Waals surface area contributed by atoms with Crippen molar-refractivity contribution in [1.82, 2.24) is 14.8 Å². The van der Waals surface area contributed by atoms with Crippen LogP contribution in [0.2, 0.25) is 0 Å². The van der Waals surface area contributed by atoms with Crippen LogP contribution in [0.3, 0.4) is 0 Å². The molecule has 0 saturated heterocycles. The lowest BCUT2D eigenvalue weighted by Crippen LogP contribution is -1.99. The Balaban J connectivity index is 2.58. The third kappa shape index (κ3) is 1.64. The molecule has 1 heterocycles. The fourth-order valence-corrected chi connectivity index (χ4v) is 1.55. The van der Waals surface area contributed by atoms with Gasteiger partial charge in [0, 0.05) is 19.0 Å². The van der Waals surface area contributed by atoms with E-state index in [1.165, 1.54) is 6.07 Å². The van der Waals surface area contributed by atoms with Gasteiger partial charge in [-0.15, -0.1) is 0 Å². The number of anilines is 1. The van der Waals surface area contributed by atoms with Crippen LogP contribution >= 0.6 is 0 Å². The van der Waals surface area contributed by atoms with Crippen LogP contribution in [-0.4, -0.2) is 14.8 Å². The van der Waals surface area contributed by atoms with Crippen LogP contribution in [0.25, 0.3) is 11.4 Å². The molecule has 0 spiro atoms. The van der Waals surface area contributed by atoms with Crippen molar-refractivity contribution in [2.45, 2.75) is 13.3 Å². The Hall–Kier alpha value is -1.91. The van der Waals surface area contributed by atoms with Crippen molar-refractivity contribution in [2.24, 2.45) is 7.05 Å². The van der Waals surface area contributed by atoms with E-state index in [-0.39, 0.29) is 5.69 Å². The number of hydrogen-bond acceptors (Lipinski definition) is 3. The van der Waals surface area contributed by atoms with E-state index in [0.717, 1.165) is 12.2 Å². The highest BCUT2D eigenvalue weighted by Crippen LogP contribution is 2.25. The molecule has 4 nitrogen and oxygen atoms in total. The molecule has 1 aromatic heterocycles. The second-order valence-electron chi connectivity index (χ2n) is 3.53. The first-order valence-corrected chi connectivity index (χ1v) is 5.07. The Kier molecular flexibility index (Phi) is 2.60. The summed E-state index contributed by atoms with van der Waals surface area (Å²) in [4.78, 5) is 4.31. The summed E-state index contributed by atoms with van der Waals surface area (Å²) in [5, 5.41) is 4.20. The average molecular weight is 220 g/mol. The minimum absolute atomic E-state index is 0.112. The second-order valence-corrected chi connectivity index (χ2v) is 3.53. The van der Waals surface area contributed by atoms with Gasteiger partial charge in [0.15, 0.2) is 11.6 Å². The van der Waals surface area contributed by atoms with E-state index in [4.69, 9.17) is 5.73 Å². The number of benzene rings is 1. The lowest BCUT2D eigenvalue weighted by Gasteiger charge is -2.04. The van der Waals surface area contributed by atoms with Gasteiger partial charge in [0.2, 0.25) is 0 Å². The molecule has 0 unspecified atom stereocenters. The van der Waals surface area contributed by atoms with E-state index in [1.807, 2.05) is 6.92 Å². The Bertz CT molecular complexity index is 519. The molecule has 0 amide bonds. The third-order valence-corrected chi connectivity index (χ3v) is 2.42. The van der Waals surface area contributed by atoms with Gasteiger partial charge in [0.25, 0.3) is 0 Å². The molecule has 16 heavy (non-hydrogen) atoms. The van der Waals surface area contributed by atoms with Crippen LogP contribution in [0.1, 0.15) is 12.7 Å². The molecule has 0 fully saturated rings. The van der Waals surface area contributed by atoms with Crippen LogP contribution in [0.5, 0.6) is 0 Å². The summed E-state index contributed by atoms with van der Waals surface area (Å²) in [6, 6.07) is 4.68. The van der Waals surface area contributed by atoms with Gasteiger partial charge in [0.05, 0.1) is 5.69 Å². The summed E-state index contributed by atoms with van der Waals surface area (Å²) in [5.41, 5.74) is 6.37. The predicted octanol–water partition coefficient (Wildman–Crippen LogP) is 1.77. The summed E-state index contributed by atoms with van der Waals surface area (Å²) >= 11 is 0. The largest absolute Gasteiger partial charge is 0.396 e. The molecule has 0 aliphatic carbocycles. The lowest BCUT2D eigenvalue weighted by molar-refractivity contribution is 0.632. The molecule has 2 N–H and O–H groups in total. The number of para-hydroxylation sites is 1. The molecule has 0 aliphatic heterocycles. The van der Waals surface area contributed by atoms with Crippen molar-refractivity contribution < 1.29 is 4.39 Å². The quantitative estimate of drug-likeness (QED) is 0.785. The van der Waals surface area contributed by atoms with Crippen molar-refractivity contribution in [3.05, 3.63) is 29.8 Å². The van der Waals surface area contributed by atoms with Crippen LogP contribution < -0.4 is 5.73 Å². The van der Waals surface area contributed by atoms with Gasteiger partial charge in [-0.2, -0.15) is 5.10 Å². The highest BCUT2D eigenvalue weighted by atomic mass is 19.1. The fraction of sp³-hybridized carbons (Fsp3) is 0.273. The minimum Gasteiger partial charge on any atom is -0.396 e. The molecule has 5 heteroatoms. The van der Waals surface area contributed by atoms with Crippen molar-refractivity contribution in [3.63, 3.8) is 0 Å². The number of halogens is 1. The molecule has 0 bridgehead atoms. The van der Waals surface area contributed by atoms with E-state index in [9.17, 15) is 4.39 Å². The van der Waals surface area contributed by atoms with Crippen LogP contribution in [0, 0.1) is 5.82 Å². The minimum atomic E-state index is -0.432. The number of nitrogens with zero attached hydrogens (tertiary/aromatic N) is 3. The van der Waals surface area contributed by atoms with Gasteiger partial charge >= 0.3 is 0 Å². The van der Waals surface area contributed by atoms with E-state index in [2.05, 4.69) is 10.1 Å². The van der Waals surface area contributed by atoms with Gasteiger partial charge in [0.1, 0.15) is 5.82 Å². The Labute approximate surface area is 92.9 Å². The highest BCUT2D eigenvalue weighted by molar-refractivity contribution is 5.71. The zero-order valence-electron chi connectivity index (χ0n) is 9.24. The third-order valence-electron chi connectivity index (χ3n) is 2.42. The summed E-state index contributed by atoms with van der Waals surface area (Å²) < 4.78 is 14.9. The average Bonchev–Trinajstić information content (AvgIpc) is 2.64. The lowest BCUT2D eigenvalue weighted by atomic mass is 10.1. The molecular weight excluding hydrogens is 207 g/mol. The molecule has 0 radical (unpaired) electrons. The van der Waals surface area contributed by atoms with E-state index in [0.29, 0.717) is 11.4 Å². The Morgan fingerprint density at radius 1 is 1.44 bits per heavy atom. The predicted molar refractivity (Wildman–Crippen MR) is 60.2 cm³/mol. The van der Waals surface area contributed by atoms with Gasteiger partial charge in [-0.25, -0.2) is 14.1 Å². The van der Waals surface area contributed by atoms with E-state index >= 15 is 0 Å². The zero-order chi connectivity index (χ0) is 11.7. The molecule has 0 saturated carbocycles. The monoisotopic (exact) mass is 220 g/mol. The van der Waals surface area contributed by atoms with E-state index < -0.39 is 5.82 Å². The summed E-state index contributed by atoms with van der Waals surface area (Å²) in [5.74, 6) is 0.883. The standard InChI is InChI=1S/C11H13FN4/c1-3-9-14-11(16(2)15-9)7-5-4-6-8(12)10(7)13/h4-6H,3,13H2,1-2H3. The number of nitrogen functional groups attached to an aromatic ring is 1. The second kappa shape index (κ2) is 3.92. The first-order chi connectivity index (χ1) is 7.63. The summed E-state index contributed by atoms with van der Waals surface area (Å²) in [6.45, 7) is 1.97. The molecule has 0 atom stereocenters. The van der Waals surface area contributed by atoms with Gasteiger partial charge in [-0.3, -0.25) is 0 Å². The highest BCUT2D eigenvalue weighted by Gasteiger charge is 2.13. The van der Waals surface area contributed by atoms with Crippen molar-refractivity contribution in [1.29, 1.82) is 0 Å². The molecule has 84 valence electrons. The number of nitrogens with two attached hydrogens (primary N) is 1. The maximum Gasteiger partial charge on any atom is 0.160 e. The van der Waals surface area contributed by atoms with Crippen LogP contribution in [0.4, 0.5) is 10.1 Å². The first-order valence-electron chi connectivity index (χ1n) is 5.07. The smallest absolute Gasteiger partial charge is 0.160 e. The Morgan fingerprint density at radius 3 is 2.81 bits per heavy atom. The molecule has 0 aliphatic rings. The maximum absolute atomic E-state index is 13.3. The first kappa shape index (κ1) is 10.6. The number of hydrogen-bond donors (Lipinski definition) is 1. The van der Waals surface area contributed by atoms with Crippen molar-refractivity contribution >= 4 is 5.69 Å². The topological polar surface area (TPSA) is 56.7 Å². The van der Waals surface area contributed by atoms with Crippen LogP contribution in [0.15, 0.2) is 18.2 Å². The number of aromatic nitrogens is 3. The SMILES string of the molecule is CCc1nc(-c2cccc(F)c2N)n(C)n1. The van der Waals surface area contributed by atoms with Gasteiger partial charge in [-0.1, -0.05) is 13.0 Å². The van der Waals surface area contributed by atoms with E-state index in [1.54, 1.807) is 23.9 Å². The normalized spacial score (nSPS) is 10.7. The maximum atomic E-state index is 13.3. The van der Waals surface area contributed by atoms with Crippen molar-refractivity contribution in [3.8, 4) is 11.4 Å². The summed E-state index contributed by atoms with van der Waals surface area (Å²) in [6.07, 6.45) is 0.739. The van der Waals surface area contributed by atoms with Gasteiger partial charge in [-0.05, 0) is 12.1 Å². The fourth-order valence-electron chi connectivity index (χ4n) is 1.55. The van der Waals surface area contributed by atoms with Crippen molar-refractivity contribution in [2.75, 3.05) is 5.73 Å². The zero-order valence-corrected chi connectivity index (χ0v) is 9.24.